The molecule has 0 aliphatic carbocycles. The molecule has 1 aromatic heterocycles. The van der Waals surface area contributed by atoms with Gasteiger partial charge in [0.15, 0.2) is 5.78 Å². The zero-order chi connectivity index (χ0) is 20.0. The number of rotatable bonds is 7. The topological polar surface area (TPSA) is 76.1 Å². The number of halogens is 1. The molecule has 0 spiro atoms. The first kappa shape index (κ1) is 19.9. The third kappa shape index (κ3) is 5.13. The van der Waals surface area contributed by atoms with E-state index in [1.54, 1.807) is 48.8 Å². The molecule has 0 fully saturated rings. The zero-order valence-electron chi connectivity index (χ0n) is 14.7. The highest BCUT2D eigenvalue weighted by atomic mass is 35.5. The van der Waals surface area contributed by atoms with E-state index >= 15 is 0 Å². The van der Waals surface area contributed by atoms with Gasteiger partial charge in [0.2, 0.25) is 10.0 Å². The molecule has 0 aliphatic heterocycles. The van der Waals surface area contributed by atoms with Gasteiger partial charge in [-0.3, -0.25) is 9.78 Å². The van der Waals surface area contributed by atoms with Gasteiger partial charge in [-0.1, -0.05) is 35.9 Å². The van der Waals surface area contributed by atoms with Crippen molar-refractivity contribution >= 4 is 33.5 Å². The molecule has 5 nitrogen and oxygen atoms in total. The van der Waals surface area contributed by atoms with Crippen molar-refractivity contribution in [3.63, 3.8) is 0 Å². The number of carbonyl (C=O) groups excluding carboxylic acids is 1. The summed E-state index contributed by atoms with van der Waals surface area (Å²) in [4.78, 5) is 16.3. The zero-order valence-corrected chi connectivity index (χ0v) is 16.3. The number of hydrogen-bond acceptors (Lipinski definition) is 4. The van der Waals surface area contributed by atoms with E-state index in [4.69, 9.17) is 11.6 Å². The molecule has 2 aromatic carbocycles. The third-order valence-corrected chi connectivity index (χ3v) is 5.76. The number of hydrogen-bond donors (Lipinski definition) is 1. The molecule has 1 N–H and O–H groups in total. The second-order valence-electron chi connectivity index (χ2n) is 5.92. The van der Waals surface area contributed by atoms with Gasteiger partial charge in [0.25, 0.3) is 0 Å². The normalized spacial score (nSPS) is 11.6. The Morgan fingerprint density at radius 2 is 1.79 bits per heavy atom. The van der Waals surface area contributed by atoms with Crippen LogP contribution in [0.4, 0.5) is 0 Å². The van der Waals surface area contributed by atoms with E-state index in [9.17, 15) is 13.2 Å². The average Bonchev–Trinajstić information content (AvgIpc) is 2.72. The van der Waals surface area contributed by atoms with Gasteiger partial charge in [0, 0.05) is 29.5 Å². The van der Waals surface area contributed by atoms with Gasteiger partial charge in [-0.25, -0.2) is 13.1 Å². The van der Waals surface area contributed by atoms with Crippen LogP contribution in [0.5, 0.6) is 0 Å². The van der Waals surface area contributed by atoms with Crippen molar-refractivity contribution in [2.24, 2.45) is 0 Å². The number of sulfonamides is 1. The Kier molecular flexibility index (Phi) is 6.36. The fourth-order valence-electron chi connectivity index (χ4n) is 2.44. The molecule has 0 atom stereocenters. The molecule has 0 saturated carbocycles. The molecule has 3 aromatic rings. The SMILES string of the molecule is O=C(/C=C/c1cccnc1)c1ccc(S(=O)(=O)NCc2ccccc2Cl)cc1. The Balaban J connectivity index is 1.68. The summed E-state index contributed by atoms with van der Waals surface area (Å²) in [5, 5.41) is 0.492. The Bertz CT molecular complexity index is 1100. The van der Waals surface area contributed by atoms with Crippen molar-refractivity contribution in [1.29, 1.82) is 0 Å². The monoisotopic (exact) mass is 412 g/mol. The minimum atomic E-state index is -3.72. The van der Waals surface area contributed by atoms with E-state index < -0.39 is 10.0 Å². The lowest BCUT2D eigenvalue weighted by atomic mass is 10.1. The number of carbonyl (C=O) groups is 1. The summed E-state index contributed by atoms with van der Waals surface area (Å²) in [6, 6.07) is 16.4. The van der Waals surface area contributed by atoms with E-state index in [2.05, 4.69) is 9.71 Å². The molecule has 0 amide bonds. The van der Waals surface area contributed by atoms with E-state index in [1.807, 2.05) is 6.07 Å². The lowest BCUT2D eigenvalue weighted by molar-refractivity contribution is 0.104. The Morgan fingerprint density at radius 1 is 1.04 bits per heavy atom. The average molecular weight is 413 g/mol. The van der Waals surface area contributed by atoms with Crippen LogP contribution in [0.3, 0.4) is 0 Å². The van der Waals surface area contributed by atoms with Crippen molar-refractivity contribution in [3.8, 4) is 0 Å². The summed E-state index contributed by atoms with van der Waals surface area (Å²) in [7, 11) is -3.72. The molecule has 28 heavy (non-hydrogen) atoms. The first-order chi connectivity index (χ1) is 13.5. The molecule has 1 heterocycles. The Morgan fingerprint density at radius 3 is 2.46 bits per heavy atom. The number of pyridine rings is 1. The van der Waals surface area contributed by atoms with Gasteiger partial charge >= 0.3 is 0 Å². The van der Waals surface area contributed by atoms with Gasteiger partial charge in [-0.05, 0) is 59.7 Å². The molecule has 3 rings (SSSR count). The first-order valence-corrected chi connectivity index (χ1v) is 10.3. The van der Waals surface area contributed by atoms with Crippen LogP contribution in [0.2, 0.25) is 5.02 Å². The smallest absolute Gasteiger partial charge is 0.240 e. The number of ketones is 1. The van der Waals surface area contributed by atoms with Crippen LogP contribution in [0, 0.1) is 0 Å². The van der Waals surface area contributed by atoms with Gasteiger partial charge in [-0.15, -0.1) is 0 Å². The predicted molar refractivity (Wildman–Crippen MR) is 110 cm³/mol. The molecule has 0 aliphatic rings. The Hall–Kier alpha value is -2.80. The summed E-state index contributed by atoms with van der Waals surface area (Å²) in [5.41, 5.74) is 1.88. The van der Waals surface area contributed by atoms with E-state index in [0.717, 1.165) is 5.56 Å². The van der Waals surface area contributed by atoms with Crippen molar-refractivity contribution in [1.82, 2.24) is 9.71 Å². The molecular formula is C21H17ClN2O3S. The fourth-order valence-corrected chi connectivity index (χ4v) is 3.65. The standard InChI is InChI=1S/C21H17ClN2O3S/c22-20-6-2-1-5-18(20)15-24-28(26,27)19-10-8-17(9-11-19)21(25)12-7-16-4-3-13-23-14-16/h1-14,24H,15H2/b12-7+. The highest BCUT2D eigenvalue weighted by Gasteiger charge is 2.15. The van der Waals surface area contributed by atoms with Crippen LogP contribution in [0.15, 0.2) is 84.0 Å². The van der Waals surface area contributed by atoms with Crippen molar-refractivity contribution in [2.75, 3.05) is 0 Å². The summed E-state index contributed by atoms with van der Waals surface area (Å²) in [6.07, 6.45) is 6.38. The molecule has 0 unspecified atom stereocenters. The highest BCUT2D eigenvalue weighted by Crippen LogP contribution is 2.17. The maximum atomic E-state index is 12.4. The molecule has 0 radical (unpaired) electrons. The minimum absolute atomic E-state index is 0.0762. The quantitative estimate of drug-likeness (QED) is 0.468. The van der Waals surface area contributed by atoms with Crippen LogP contribution in [0.25, 0.3) is 6.08 Å². The molecule has 142 valence electrons. The molecule has 7 heteroatoms. The lowest BCUT2D eigenvalue weighted by Gasteiger charge is -2.08. The summed E-state index contributed by atoms with van der Waals surface area (Å²) in [5.74, 6) is -0.225. The largest absolute Gasteiger partial charge is 0.289 e. The minimum Gasteiger partial charge on any atom is -0.289 e. The second-order valence-corrected chi connectivity index (χ2v) is 8.10. The number of nitrogens with one attached hydrogen (secondary N) is 1. The fraction of sp³-hybridized carbons (Fsp3) is 0.0476. The van der Waals surface area contributed by atoms with Crippen LogP contribution < -0.4 is 4.72 Å². The maximum absolute atomic E-state index is 12.4. The second kappa shape index (κ2) is 8.93. The van der Waals surface area contributed by atoms with E-state index in [-0.39, 0.29) is 17.2 Å². The van der Waals surface area contributed by atoms with Gasteiger partial charge in [0.05, 0.1) is 4.90 Å². The van der Waals surface area contributed by atoms with E-state index in [0.29, 0.717) is 16.1 Å². The number of aromatic nitrogens is 1. The number of nitrogens with zero attached hydrogens (tertiary/aromatic N) is 1. The Labute approximate surface area is 168 Å². The van der Waals surface area contributed by atoms with Crippen molar-refractivity contribution in [3.05, 3.63) is 101 Å². The molecular weight excluding hydrogens is 396 g/mol. The maximum Gasteiger partial charge on any atom is 0.240 e. The van der Waals surface area contributed by atoms with Crippen LogP contribution in [-0.2, 0) is 16.6 Å². The number of benzene rings is 2. The predicted octanol–water partition coefficient (Wildman–Crippen LogP) is 4.11. The molecule has 0 saturated heterocycles. The van der Waals surface area contributed by atoms with Gasteiger partial charge in [-0.2, -0.15) is 0 Å². The van der Waals surface area contributed by atoms with E-state index in [1.165, 1.54) is 30.3 Å². The van der Waals surface area contributed by atoms with Crippen LogP contribution in [0.1, 0.15) is 21.5 Å². The number of allylic oxidation sites excluding steroid dienone is 1. The third-order valence-electron chi connectivity index (χ3n) is 3.97. The van der Waals surface area contributed by atoms with Crippen molar-refractivity contribution < 1.29 is 13.2 Å². The summed E-state index contributed by atoms with van der Waals surface area (Å²) >= 11 is 6.05. The van der Waals surface area contributed by atoms with Crippen LogP contribution >= 0.6 is 11.6 Å². The van der Waals surface area contributed by atoms with Gasteiger partial charge < -0.3 is 0 Å². The summed E-state index contributed by atoms with van der Waals surface area (Å²) in [6.45, 7) is 0.0799. The van der Waals surface area contributed by atoms with Crippen LogP contribution in [-0.4, -0.2) is 19.2 Å². The highest BCUT2D eigenvalue weighted by molar-refractivity contribution is 7.89. The van der Waals surface area contributed by atoms with Gasteiger partial charge in [0.1, 0.15) is 0 Å². The molecule has 0 bridgehead atoms. The first-order valence-electron chi connectivity index (χ1n) is 8.41. The van der Waals surface area contributed by atoms with Crippen molar-refractivity contribution in [2.45, 2.75) is 11.4 Å². The summed E-state index contributed by atoms with van der Waals surface area (Å²) < 4.78 is 27.4. The lowest BCUT2D eigenvalue weighted by Crippen LogP contribution is -2.23.